The van der Waals surface area contributed by atoms with Gasteiger partial charge in [0, 0.05) is 31.3 Å². The number of carbonyl (C=O) groups excluding carboxylic acids is 2. The van der Waals surface area contributed by atoms with E-state index in [1.165, 1.54) is 12.8 Å². The fourth-order valence-electron chi connectivity index (χ4n) is 3.81. The number of amides is 2. The van der Waals surface area contributed by atoms with Gasteiger partial charge in [-0.15, -0.1) is 0 Å². The minimum absolute atomic E-state index is 0.00308. The number of nitrogens with one attached hydrogen (secondary N) is 1. The van der Waals surface area contributed by atoms with Crippen molar-refractivity contribution < 1.29 is 14.3 Å². The maximum absolute atomic E-state index is 12.5. The molecular formula is C20H29N3O3. The van der Waals surface area contributed by atoms with E-state index in [0.29, 0.717) is 24.8 Å². The molecule has 1 N–H and O–H groups in total. The molecule has 0 saturated carbocycles. The summed E-state index contributed by atoms with van der Waals surface area (Å²) < 4.78 is 5.22. The first-order chi connectivity index (χ1) is 12.6. The van der Waals surface area contributed by atoms with Crippen LogP contribution < -0.4 is 15.0 Å². The monoisotopic (exact) mass is 359 g/mol. The molecule has 142 valence electrons. The number of ether oxygens (including phenoxy) is 1. The maximum Gasteiger partial charge on any atom is 0.227 e. The van der Waals surface area contributed by atoms with Crippen LogP contribution in [0.3, 0.4) is 0 Å². The van der Waals surface area contributed by atoms with E-state index in [9.17, 15) is 9.59 Å². The van der Waals surface area contributed by atoms with Gasteiger partial charge in [-0.3, -0.25) is 9.59 Å². The average Bonchev–Trinajstić information content (AvgIpc) is 3.05. The largest absolute Gasteiger partial charge is 0.497 e. The van der Waals surface area contributed by atoms with E-state index in [0.717, 1.165) is 25.2 Å². The van der Waals surface area contributed by atoms with Crippen LogP contribution >= 0.6 is 0 Å². The summed E-state index contributed by atoms with van der Waals surface area (Å²) in [5.41, 5.74) is 0.788. The number of rotatable bonds is 6. The molecule has 2 heterocycles. The number of anilines is 1. The van der Waals surface area contributed by atoms with Crippen LogP contribution in [0.5, 0.6) is 5.75 Å². The van der Waals surface area contributed by atoms with Gasteiger partial charge in [0.25, 0.3) is 0 Å². The maximum atomic E-state index is 12.5. The fraction of sp³-hybridized carbons (Fsp3) is 0.600. The Morgan fingerprint density at radius 3 is 2.81 bits per heavy atom. The van der Waals surface area contributed by atoms with Gasteiger partial charge in [-0.1, -0.05) is 6.07 Å². The highest BCUT2D eigenvalue weighted by Gasteiger charge is 2.35. The summed E-state index contributed by atoms with van der Waals surface area (Å²) in [4.78, 5) is 28.8. The predicted octanol–water partition coefficient (Wildman–Crippen LogP) is 1.90. The van der Waals surface area contributed by atoms with E-state index in [2.05, 4.69) is 17.3 Å². The van der Waals surface area contributed by atoms with Gasteiger partial charge in [0.05, 0.1) is 13.0 Å². The summed E-state index contributed by atoms with van der Waals surface area (Å²) >= 11 is 0. The Hall–Kier alpha value is -2.08. The van der Waals surface area contributed by atoms with E-state index < -0.39 is 0 Å². The Balaban J connectivity index is 1.47. The van der Waals surface area contributed by atoms with Gasteiger partial charge in [0.15, 0.2) is 0 Å². The standard InChI is InChI=1S/C20H29N3O3/c1-22-10-7-15(8-11-22)6-9-21-20(25)16-12-19(24)23(14-16)17-4-3-5-18(13-17)26-2/h3-5,13,15-16H,6-12,14H2,1-2H3,(H,21,25). The topological polar surface area (TPSA) is 61.9 Å². The SMILES string of the molecule is COc1cccc(N2CC(C(=O)NCCC3CCN(C)CC3)CC2=O)c1. The third kappa shape index (κ3) is 4.55. The number of hydrogen-bond acceptors (Lipinski definition) is 4. The second-order valence-electron chi connectivity index (χ2n) is 7.43. The van der Waals surface area contributed by atoms with Crippen LogP contribution in [0, 0.1) is 11.8 Å². The van der Waals surface area contributed by atoms with Crippen LogP contribution in [0.2, 0.25) is 0 Å². The molecule has 2 fully saturated rings. The fourth-order valence-corrected chi connectivity index (χ4v) is 3.81. The van der Waals surface area contributed by atoms with Crippen molar-refractivity contribution in [3.8, 4) is 5.75 Å². The number of benzene rings is 1. The number of hydrogen-bond donors (Lipinski definition) is 1. The van der Waals surface area contributed by atoms with E-state index >= 15 is 0 Å². The quantitative estimate of drug-likeness (QED) is 0.843. The molecule has 6 heteroatoms. The first-order valence-electron chi connectivity index (χ1n) is 9.47. The van der Waals surface area contributed by atoms with Gasteiger partial charge in [-0.2, -0.15) is 0 Å². The Labute approximate surface area is 155 Å². The molecule has 1 unspecified atom stereocenters. The molecule has 26 heavy (non-hydrogen) atoms. The molecule has 1 aromatic carbocycles. The average molecular weight is 359 g/mol. The molecule has 1 atom stereocenters. The summed E-state index contributed by atoms with van der Waals surface area (Å²) in [5.74, 6) is 1.13. The van der Waals surface area contributed by atoms with Crippen molar-refractivity contribution in [3.05, 3.63) is 24.3 Å². The van der Waals surface area contributed by atoms with E-state index in [1.807, 2.05) is 24.3 Å². The lowest BCUT2D eigenvalue weighted by atomic mass is 9.94. The van der Waals surface area contributed by atoms with Gasteiger partial charge < -0.3 is 19.9 Å². The highest BCUT2D eigenvalue weighted by atomic mass is 16.5. The molecule has 2 aliphatic rings. The molecular weight excluding hydrogens is 330 g/mol. The first-order valence-corrected chi connectivity index (χ1v) is 9.47. The number of methoxy groups -OCH3 is 1. The number of piperidine rings is 1. The van der Waals surface area contributed by atoms with Crippen LogP contribution in [0.15, 0.2) is 24.3 Å². The summed E-state index contributed by atoms with van der Waals surface area (Å²) in [7, 11) is 3.76. The molecule has 0 spiro atoms. The summed E-state index contributed by atoms with van der Waals surface area (Å²) in [6.07, 6.45) is 3.72. The molecule has 2 amide bonds. The lowest BCUT2D eigenvalue weighted by Crippen LogP contribution is -2.35. The van der Waals surface area contributed by atoms with Crippen molar-refractivity contribution in [2.45, 2.75) is 25.7 Å². The second-order valence-corrected chi connectivity index (χ2v) is 7.43. The molecule has 6 nitrogen and oxygen atoms in total. The third-order valence-electron chi connectivity index (χ3n) is 5.55. The Morgan fingerprint density at radius 2 is 2.08 bits per heavy atom. The molecule has 3 rings (SSSR count). The normalized spacial score (nSPS) is 21.8. The highest BCUT2D eigenvalue weighted by molar-refractivity contribution is 6.00. The van der Waals surface area contributed by atoms with Gasteiger partial charge >= 0.3 is 0 Å². The smallest absolute Gasteiger partial charge is 0.227 e. The lowest BCUT2D eigenvalue weighted by molar-refractivity contribution is -0.126. The molecule has 2 saturated heterocycles. The van der Waals surface area contributed by atoms with Crippen molar-refractivity contribution in [2.24, 2.45) is 11.8 Å². The summed E-state index contributed by atoms with van der Waals surface area (Å²) in [6.45, 7) is 3.43. The highest BCUT2D eigenvalue weighted by Crippen LogP contribution is 2.28. The zero-order chi connectivity index (χ0) is 18.5. The van der Waals surface area contributed by atoms with Crippen LogP contribution in [0.1, 0.15) is 25.7 Å². The minimum Gasteiger partial charge on any atom is -0.497 e. The Bertz CT molecular complexity index is 641. The molecule has 2 aliphatic heterocycles. The molecule has 0 aliphatic carbocycles. The molecule has 0 bridgehead atoms. The second kappa shape index (κ2) is 8.54. The van der Waals surface area contributed by atoms with E-state index in [1.54, 1.807) is 12.0 Å². The summed E-state index contributed by atoms with van der Waals surface area (Å²) in [5, 5.41) is 3.04. The van der Waals surface area contributed by atoms with Crippen molar-refractivity contribution in [3.63, 3.8) is 0 Å². The predicted molar refractivity (Wildman–Crippen MR) is 101 cm³/mol. The Kier molecular flexibility index (Phi) is 6.14. The summed E-state index contributed by atoms with van der Waals surface area (Å²) in [6, 6.07) is 7.41. The number of likely N-dealkylation sites (tertiary alicyclic amines) is 1. The van der Waals surface area contributed by atoms with Crippen molar-refractivity contribution in [2.75, 3.05) is 45.2 Å². The van der Waals surface area contributed by atoms with Crippen molar-refractivity contribution >= 4 is 17.5 Å². The zero-order valence-corrected chi connectivity index (χ0v) is 15.7. The van der Waals surface area contributed by atoms with E-state index in [-0.39, 0.29) is 24.2 Å². The van der Waals surface area contributed by atoms with Crippen LogP contribution in [0.4, 0.5) is 5.69 Å². The van der Waals surface area contributed by atoms with Gasteiger partial charge in [-0.05, 0) is 57.5 Å². The number of carbonyl (C=O) groups is 2. The van der Waals surface area contributed by atoms with Gasteiger partial charge in [0.1, 0.15) is 5.75 Å². The molecule has 1 aromatic rings. The van der Waals surface area contributed by atoms with Crippen LogP contribution in [0.25, 0.3) is 0 Å². The van der Waals surface area contributed by atoms with Crippen molar-refractivity contribution in [1.29, 1.82) is 0 Å². The Morgan fingerprint density at radius 1 is 1.31 bits per heavy atom. The van der Waals surface area contributed by atoms with Gasteiger partial charge in [0.2, 0.25) is 11.8 Å². The lowest BCUT2D eigenvalue weighted by Gasteiger charge is -2.29. The van der Waals surface area contributed by atoms with Crippen LogP contribution in [-0.2, 0) is 9.59 Å². The number of nitrogens with zero attached hydrogens (tertiary/aromatic N) is 2. The van der Waals surface area contributed by atoms with Gasteiger partial charge in [-0.25, -0.2) is 0 Å². The van der Waals surface area contributed by atoms with E-state index in [4.69, 9.17) is 4.74 Å². The molecule has 0 radical (unpaired) electrons. The minimum atomic E-state index is -0.272. The van der Waals surface area contributed by atoms with Crippen molar-refractivity contribution in [1.82, 2.24) is 10.2 Å². The molecule has 0 aromatic heterocycles. The zero-order valence-electron chi connectivity index (χ0n) is 15.7. The third-order valence-corrected chi connectivity index (χ3v) is 5.55. The first kappa shape index (κ1) is 18.7. The van der Waals surface area contributed by atoms with Crippen LogP contribution in [-0.4, -0.2) is 57.1 Å².